The molecule has 0 fully saturated rings. The lowest BCUT2D eigenvalue weighted by molar-refractivity contribution is -0.139. The Hall–Kier alpha value is -3.72. The van der Waals surface area contributed by atoms with Crippen LogP contribution in [-0.2, 0) is 9.53 Å². The zero-order chi connectivity index (χ0) is 25.1. The number of hydrogen-bond acceptors (Lipinski definition) is 8. The molecule has 0 amide bonds. The fourth-order valence-corrected chi connectivity index (χ4v) is 4.97. The summed E-state index contributed by atoms with van der Waals surface area (Å²) in [6.45, 7) is 7.56. The largest absolute Gasteiger partial charge is 0.493 e. The van der Waals surface area contributed by atoms with E-state index in [4.69, 9.17) is 14.2 Å². The van der Waals surface area contributed by atoms with Gasteiger partial charge in [0.1, 0.15) is 0 Å². The molecule has 3 heterocycles. The van der Waals surface area contributed by atoms with Crippen LogP contribution in [-0.4, -0.2) is 35.3 Å². The number of carbonyl (C=O) groups is 1. The second-order valence-electron chi connectivity index (χ2n) is 8.17. The number of carbonyl (C=O) groups excluding carboxylic acids is 1. The van der Waals surface area contributed by atoms with Crippen molar-refractivity contribution in [3.05, 3.63) is 84.8 Å². The van der Waals surface area contributed by atoms with E-state index in [1.54, 1.807) is 56.1 Å². The normalized spacial score (nSPS) is 15.6. The van der Waals surface area contributed by atoms with Gasteiger partial charge in [-0.25, -0.2) is 9.79 Å². The fourth-order valence-electron chi connectivity index (χ4n) is 3.93. The van der Waals surface area contributed by atoms with E-state index < -0.39 is 12.0 Å². The Balaban J connectivity index is 1.94. The lowest BCUT2D eigenvalue weighted by Crippen LogP contribution is -2.40. The van der Waals surface area contributed by atoms with E-state index in [0.29, 0.717) is 37.7 Å². The number of allylic oxidation sites excluding steroid dienone is 1. The molecule has 1 atom stereocenters. The minimum Gasteiger partial charge on any atom is -0.493 e. The number of ether oxygens (including phenoxy) is 3. The molecule has 182 valence electrons. The summed E-state index contributed by atoms with van der Waals surface area (Å²) >= 11 is 1.27. The van der Waals surface area contributed by atoms with E-state index in [0.717, 1.165) is 5.56 Å². The predicted octanol–water partition coefficient (Wildman–Crippen LogP) is 2.99. The number of benzene rings is 1. The molecule has 1 aromatic carbocycles. The first-order chi connectivity index (χ1) is 16.8. The number of esters is 1. The highest BCUT2D eigenvalue weighted by Crippen LogP contribution is 2.36. The van der Waals surface area contributed by atoms with Crippen molar-refractivity contribution >= 4 is 23.4 Å². The fraction of sp³-hybridized carbons (Fsp3) is 0.308. The predicted molar refractivity (Wildman–Crippen MR) is 133 cm³/mol. The summed E-state index contributed by atoms with van der Waals surface area (Å²) in [6.07, 6.45) is 5.09. The monoisotopic (exact) mass is 493 g/mol. The summed E-state index contributed by atoms with van der Waals surface area (Å²) in [5.41, 5.74) is 2.05. The third kappa shape index (κ3) is 4.90. The van der Waals surface area contributed by atoms with Gasteiger partial charge in [-0.3, -0.25) is 14.3 Å². The van der Waals surface area contributed by atoms with E-state index in [1.165, 1.54) is 11.3 Å². The molecule has 3 aromatic rings. The number of rotatable bonds is 7. The van der Waals surface area contributed by atoms with E-state index in [9.17, 15) is 9.59 Å². The van der Waals surface area contributed by atoms with Crippen LogP contribution in [0.2, 0.25) is 0 Å². The standard InChI is InChI=1S/C26H27N3O5S/c1-6-33-25(31)22-16(4)28-26-29(24(30)21(35-26)12-17-8-7-11-27-14-17)23(22)18-9-10-19(34-15(2)3)20(13-18)32-5/h7-15,23H,6H2,1-5H3/b21-12-/t23-/m1/s1. The third-order valence-corrected chi connectivity index (χ3v) is 6.35. The summed E-state index contributed by atoms with van der Waals surface area (Å²) in [5, 5.41) is 0. The van der Waals surface area contributed by atoms with Gasteiger partial charge in [0, 0.05) is 12.4 Å². The average Bonchev–Trinajstić information content (AvgIpc) is 3.13. The van der Waals surface area contributed by atoms with Crippen LogP contribution in [0.4, 0.5) is 0 Å². The molecule has 4 rings (SSSR count). The summed E-state index contributed by atoms with van der Waals surface area (Å²) in [6, 6.07) is 8.36. The van der Waals surface area contributed by atoms with Crippen molar-refractivity contribution in [1.29, 1.82) is 0 Å². The van der Waals surface area contributed by atoms with Crippen molar-refractivity contribution in [2.75, 3.05) is 13.7 Å². The molecule has 8 nitrogen and oxygen atoms in total. The molecule has 0 spiro atoms. The Morgan fingerprint density at radius 3 is 2.71 bits per heavy atom. The number of hydrogen-bond donors (Lipinski definition) is 0. The number of fused-ring (bicyclic) bond motifs is 1. The number of thiazole rings is 1. The van der Waals surface area contributed by atoms with Gasteiger partial charge in [0.15, 0.2) is 16.3 Å². The summed E-state index contributed by atoms with van der Waals surface area (Å²) < 4.78 is 18.8. The summed E-state index contributed by atoms with van der Waals surface area (Å²) in [5.74, 6) is 0.571. The first-order valence-corrected chi connectivity index (χ1v) is 12.1. The van der Waals surface area contributed by atoms with Gasteiger partial charge in [-0.2, -0.15) is 0 Å². The second kappa shape index (κ2) is 10.3. The SMILES string of the molecule is CCOC(=O)C1=C(C)N=c2s/c(=C\c3cccnc3)c(=O)n2[C@@H]1c1ccc(OC(C)C)c(OC)c1. The molecule has 9 heteroatoms. The first kappa shape index (κ1) is 24.4. The molecule has 0 aliphatic carbocycles. The number of aromatic nitrogens is 2. The van der Waals surface area contributed by atoms with Crippen molar-refractivity contribution in [2.24, 2.45) is 4.99 Å². The molecular weight excluding hydrogens is 466 g/mol. The highest BCUT2D eigenvalue weighted by molar-refractivity contribution is 7.07. The molecule has 1 aliphatic heterocycles. The minimum absolute atomic E-state index is 0.0443. The van der Waals surface area contributed by atoms with Crippen molar-refractivity contribution in [1.82, 2.24) is 9.55 Å². The van der Waals surface area contributed by atoms with Crippen LogP contribution in [0.1, 0.15) is 44.9 Å². The lowest BCUT2D eigenvalue weighted by atomic mass is 9.95. The molecular formula is C26H27N3O5S. The van der Waals surface area contributed by atoms with Gasteiger partial charge in [-0.1, -0.05) is 23.5 Å². The maximum atomic E-state index is 13.6. The van der Waals surface area contributed by atoms with Gasteiger partial charge in [0.25, 0.3) is 5.56 Å². The Kier molecular flexibility index (Phi) is 7.16. The van der Waals surface area contributed by atoms with Crippen LogP contribution in [0.3, 0.4) is 0 Å². The Labute approximate surface area is 206 Å². The molecule has 1 aliphatic rings. The molecule has 0 N–H and O–H groups in total. The molecule has 0 saturated carbocycles. The second-order valence-corrected chi connectivity index (χ2v) is 9.17. The van der Waals surface area contributed by atoms with Gasteiger partial charge in [-0.15, -0.1) is 0 Å². The third-order valence-electron chi connectivity index (χ3n) is 5.37. The summed E-state index contributed by atoms with van der Waals surface area (Å²) in [7, 11) is 1.55. The zero-order valence-corrected chi connectivity index (χ0v) is 21.1. The number of pyridine rings is 1. The van der Waals surface area contributed by atoms with E-state index in [-0.39, 0.29) is 18.3 Å². The number of nitrogens with zero attached hydrogens (tertiary/aromatic N) is 3. The van der Waals surface area contributed by atoms with Crippen molar-refractivity contribution in [2.45, 2.75) is 39.8 Å². The first-order valence-electron chi connectivity index (χ1n) is 11.3. The van der Waals surface area contributed by atoms with Crippen LogP contribution in [0, 0.1) is 0 Å². The lowest BCUT2D eigenvalue weighted by Gasteiger charge is -2.25. The average molecular weight is 494 g/mol. The van der Waals surface area contributed by atoms with E-state index in [1.807, 2.05) is 32.0 Å². The van der Waals surface area contributed by atoms with Gasteiger partial charge in [-0.05, 0) is 63.1 Å². The Morgan fingerprint density at radius 1 is 1.26 bits per heavy atom. The topological polar surface area (TPSA) is 92.0 Å². The minimum atomic E-state index is -0.733. The van der Waals surface area contributed by atoms with E-state index in [2.05, 4.69) is 9.98 Å². The van der Waals surface area contributed by atoms with Crippen LogP contribution in [0.15, 0.2) is 63.8 Å². The maximum absolute atomic E-state index is 13.6. The van der Waals surface area contributed by atoms with Crippen LogP contribution < -0.4 is 24.4 Å². The highest BCUT2D eigenvalue weighted by atomic mass is 32.1. The molecule has 0 bridgehead atoms. The molecule has 35 heavy (non-hydrogen) atoms. The van der Waals surface area contributed by atoms with Crippen LogP contribution >= 0.6 is 11.3 Å². The number of methoxy groups -OCH3 is 1. The maximum Gasteiger partial charge on any atom is 0.338 e. The highest BCUT2D eigenvalue weighted by Gasteiger charge is 2.34. The zero-order valence-electron chi connectivity index (χ0n) is 20.3. The van der Waals surface area contributed by atoms with Crippen molar-refractivity contribution in [3.63, 3.8) is 0 Å². The van der Waals surface area contributed by atoms with Gasteiger partial charge >= 0.3 is 5.97 Å². The van der Waals surface area contributed by atoms with Gasteiger partial charge < -0.3 is 14.2 Å². The quantitative estimate of drug-likeness (QED) is 0.470. The smallest absolute Gasteiger partial charge is 0.338 e. The summed E-state index contributed by atoms with van der Waals surface area (Å²) in [4.78, 5) is 35.9. The van der Waals surface area contributed by atoms with Crippen molar-refractivity contribution in [3.8, 4) is 11.5 Å². The molecule has 0 radical (unpaired) electrons. The molecule has 0 saturated heterocycles. The van der Waals surface area contributed by atoms with Gasteiger partial charge in [0.05, 0.1) is 41.7 Å². The van der Waals surface area contributed by atoms with Gasteiger partial charge in [0.2, 0.25) is 0 Å². The van der Waals surface area contributed by atoms with Crippen molar-refractivity contribution < 1.29 is 19.0 Å². The van der Waals surface area contributed by atoms with Crippen LogP contribution in [0.5, 0.6) is 11.5 Å². The molecule has 0 unspecified atom stereocenters. The Morgan fingerprint density at radius 2 is 2.06 bits per heavy atom. The van der Waals surface area contributed by atoms with E-state index >= 15 is 0 Å². The van der Waals surface area contributed by atoms with Crippen LogP contribution in [0.25, 0.3) is 6.08 Å². The Bertz CT molecular complexity index is 1450. The molecule has 2 aromatic heterocycles.